The highest BCUT2D eigenvalue weighted by Crippen LogP contribution is 2.24. The molecule has 0 aromatic rings. The number of hydrogen-bond acceptors (Lipinski definition) is 3. The summed E-state index contributed by atoms with van der Waals surface area (Å²) in [4.78, 5) is 11.2. The third kappa shape index (κ3) is 2.33. The second-order valence-electron chi connectivity index (χ2n) is 3.16. The average Bonchev–Trinajstić information content (AvgIpc) is 2.10. The number of rotatable bonds is 3. The SMILES string of the molecule is C=C1C=CC=CC1(O)OC(=O)CCC. The molecule has 1 unspecified atom stereocenters. The number of hydrogen-bond donors (Lipinski definition) is 1. The Balaban J connectivity index is 2.66. The van der Waals surface area contributed by atoms with Crippen LogP contribution in [0.4, 0.5) is 0 Å². The summed E-state index contributed by atoms with van der Waals surface area (Å²) in [5.41, 5.74) is 0.365. The molecule has 1 aliphatic carbocycles. The lowest BCUT2D eigenvalue weighted by atomic mass is 10.0. The minimum atomic E-state index is -1.65. The van der Waals surface area contributed by atoms with E-state index in [1.807, 2.05) is 6.92 Å². The highest BCUT2D eigenvalue weighted by Gasteiger charge is 2.31. The summed E-state index contributed by atoms with van der Waals surface area (Å²) in [6, 6.07) is 0. The predicted octanol–water partition coefficient (Wildman–Crippen LogP) is 1.70. The van der Waals surface area contributed by atoms with Crippen molar-refractivity contribution in [2.75, 3.05) is 0 Å². The Morgan fingerprint density at radius 2 is 2.36 bits per heavy atom. The minimum absolute atomic E-state index is 0.299. The zero-order valence-electron chi connectivity index (χ0n) is 8.19. The fourth-order valence-electron chi connectivity index (χ4n) is 1.11. The van der Waals surface area contributed by atoms with Crippen molar-refractivity contribution in [1.82, 2.24) is 0 Å². The molecule has 0 fully saturated rings. The maximum Gasteiger partial charge on any atom is 0.308 e. The summed E-state index contributed by atoms with van der Waals surface area (Å²) >= 11 is 0. The molecule has 0 aromatic heterocycles. The van der Waals surface area contributed by atoms with Crippen LogP contribution in [0.2, 0.25) is 0 Å². The Morgan fingerprint density at radius 3 is 2.93 bits per heavy atom. The quantitative estimate of drug-likeness (QED) is 0.549. The van der Waals surface area contributed by atoms with Crippen LogP contribution >= 0.6 is 0 Å². The van der Waals surface area contributed by atoms with Crippen LogP contribution in [0.1, 0.15) is 19.8 Å². The largest absolute Gasteiger partial charge is 0.425 e. The molecule has 0 heterocycles. The van der Waals surface area contributed by atoms with Gasteiger partial charge < -0.3 is 9.84 Å². The molecule has 1 aliphatic rings. The standard InChI is InChI=1S/C11H14O3/c1-3-6-10(12)14-11(13)8-5-4-7-9(11)2/h4-5,7-8,13H,2-3,6H2,1H3. The van der Waals surface area contributed by atoms with Crippen LogP contribution in [0.3, 0.4) is 0 Å². The first-order chi connectivity index (χ1) is 6.58. The molecule has 3 heteroatoms. The Kier molecular flexibility index (Phi) is 3.25. The zero-order chi connectivity index (χ0) is 10.6. The van der Waals surface area contributed by atoms with Gasteiger partial charge in [-0.25, -0.2) is 0 Å². The Bertz CT molecular complexity index is 302. The second-order valence-corrected chi connectivity index (χ2v) is 3.16. The van der Waals surface area contributed by atoms with Gasteiger partial charge in [-0.1, -0.05) is 31.7 Å². The van der Waals surface area contributed by atoms with E-state index in [4.69, 9.17) is 4.74 Å². The summed E-state index contributed by atoms with van der Waals surface area (Å²) in [7, 11) is 0. The Hall–Kier alpha value is -1.35. The van der Waals surface area contributed by atoms with Crippen molar-refractivity contribution >= 4 is 5.97 Å². The van der Waals surface area contributed by atoms with Gasteiger partial charge in [0.1, 0.15) is 0 Å². The lowest BCUT2D eigenvalue weighted by Gasteiger charge is -2.26. The van der Waals surface area contributed by atoms with Crippen molar-refractivity contribution < 1.29 is 14.6 Å². The Morgan fingerprint density at radius 1 is 1.64 bits per heavy atom. The van der Waals surface area contributed by atoms with Crippen molar-refractivity contribution in [2.45, 2.75) is 25.6 Å². The monoisotopic (exact) mass is 194 g/mol. The summed E-state index contributed by atoms with van der Waals surface area (Å²) in [5.74, 6) is -2.07. The minimum Gasteiger partial charge on any atom is -0.425 e. The molecule has 0 aromatic carbocycles. The van der Waals surface area contributed by atoms with E-state index in [1.165, 1.54) is 6.08 Å². The lowest BCUT2D eigenvalue weighted by molar-refractivity contribution is -0.178. The molecule has 0 saturated heterocycles. The van der Waals surface area contributed by atoms with E-state index >= 15 is 0 Å². The fraction of sp³-hybridized carbons (Fsp3) is 0.364. The van der Waals surface area contributed by atoms with E-state index < -0.39 is 11.8 Å². The van der Waals surface area contributed by atoms with Crippen LogP contribution in [0.5, 0.6) is 0 Å². The van der Waals surface area contributed by atoms with E-state index in [0.29, 0.717) is 18.4 Å². The normalized spacial score (nSPS) is 25.1. The number of carbonyl (C=O) groups is 1. The van der Waals surface area contributed by atoms with E-state index in [2.05, 4.69) is 6.58 Å². The number of carbonyl (C=O) groups excluding carboxylic acids is 1. The van der Waals surface area contributed by atoms with E-state index in [1.54, 1.807) is 18.2 Å². The van der Waals surface area contributed by atoms with Gasteiger partial charge >= 0.3 is 5.97 Å². The molecule has 3 nitrogen and oxygen atoms in total. The van der Waals surface area contributed by atoms with Gasteiger partial charge in [-0.2, -0.15) is 0 Å². The van der Waals surface area contributed by atoms with Crippen molar-refractivity contribution in [3.8, 4) is 0 Å². The summed E-state index contributed by atoms with van der Waals surface area (Å²) in [5, 5.41) is 9.86. The third-order valence-corrected chi connectivity index (χ3v) is 1.91. The first kappa shape index (κ1) is 10.7. The number of aliphatic hydroxyl groups is 1. The average molecular weight is 194 g/mol. The summed E-state index contributed by atoms with van der Waals surface area (Å²) in [6.45, 7) is 5.49. The molecule has 0 spiro atoms. The molecule has 0 amide bonds. The molecule has 76 valence electrons. The third-order valence-electron chi connectivity index (χ3n) is 1.91. The summed E-state index contributed by atoms with van der Waals surface area (Å²) < 4.78 is 4.91. The van der Waals surface area contributed by atoms with Crippen LogP contribution in [0.15, 0.2) is 36.5 Å². The molecule has 0 saturated carbocycles. The van der Waals surface area contributed by atoms with Gasteiger partial charge in [0.15, 0.2) is 0 Å². The van der Waals surface area contributed by atoms with Crippen molar-refractivity contribution in [3.05, 3.63) is 36.5 Å². The maximum absolute atomic E-state index is 11.2. The topological polar surface area (TPSA) is 46.5 Å². The molecule has 1 atom stereocenters. The molecular weight excluding hydrogens is 180 g/mol. The smallest absolute Gasteiger partial charge is 0.308 e. The van der Waals surface area contributed by atoms with Gasteiger partial charge in [-0.3, -0.25) is 4.79 Å². The van der Waals surface area contributed by atoms with Crippen LogP contribution in [0, 0.1) is 0 Å². The van der Waals surface area contributed by atoms with Gasteiger partial charge in [0.25, 0.3) is 5.79 Å². The van der Waals surface area contributed by atoms with Crippen molar-refractivity contribution in [2.24, 2.45) is 0 Å². The highest BCUT2D eigenvalue weighted by atomic mass is 16.7. The van der Waals surface area contributed by atoms with Crippen LogP contribution in [-0.2, 0) is 9.53 Å². The zero-order valence-corrected chi connectivity index (χ0v) is 8.19. The number of ether oxygens (including phenoxy) is 1. The lowest BCUT2D eigenvalue weighted by Crippen LogP contribution is -2.34. The Labute approximate surface area is 83.4 Å². The predicted molar refractivity (Wildman–Crippen MR) is 53.4 cm³/mol. The van der Waals surface area contributed by atoms with Gasteiger partial charge in [-0.15, -0.1) is 0 Å². The van der Waals surface area contributed by atoms with Crippen LogP contribution < -0.4 is 0 Å². The molecule has 0 bridgehead atoms. The molecule has 0 radical (unpaired) electrons. The summed E-state index contributed by atoms with van der Waals surface area (Å²) in [6.07, 6.45) is 7.36. The maximum atomic E-state index is 11.2. The van der Waals surface area contributed by atoms with Crippen LogP contribution in [0.25, 0.3) is 0 Å². The molecule has 0 aliphatic heterocycles. The van der Waals surface area contributed by atoms with Crippen molar-refractivity contribution in [1.29, 1.82) is 0 Å². The molecule has 14 heavy (non-hydrogen) atoms. The second kappa shape index (κ2) is 4.24. The number of allylic oxidation sites excluding steroid dienone is 2. The van der Waals surface area contributed by atoms with Gasteiger partial charge in [-0.05, 0) is 12.5 Å². The van der Waals surface area contributed by atoms with Crippen molar-refractivity contribution in [3.63, 3.8) is 0 Å². The first-order valence-electron chi connectivity index (χ1n) is 4.58. The van der Waals surface area contributed by atoms with Crippen LogP contribution in [-0.4, -0.2) is 16.9 Å². The molecule has 1 rings (SSSR count). The van der Waals surface area contributed by atoms with E-state index in [9.17, 15) is 9.90 Å². The molecular formula is C11H14O3. The van der Waals surface area contributed by atoms with E-state index in [0.717, 1.165) is 0 Å². The van der Waals surface area contributed by atoms with Gasteiger partial charge in [0.2, 0.25) is 0 Å². The van der Waals surface area contributed by atoms with Gasteiger partial charge in [0.05, 0.1) is 0 Å². The fourth-order valence-corrected chi connectivity index (χ4v) is 1.11. The van der Waals surface area contributed by atoms with Gasteiger partial charge in [0, 0.05) is 12.0 Å². The van der Waals surface area contributed by atoms with E-state index in [-0.39, 0.29) is 0 Å². The molecule has 1 N–H and O–H groups in total. The number of esters is 1. The first-order valence-corrected chi connectivity index (χ1v) is 4.58. The highest BCUT2D eigenvalue weighted by molar-refractivity contribution is 5.70.